The van der Waals surface area contributed by atoms with Crippen LogP contribution < -0.4 is 15.5 Å². The number of aromatic nitrogens is 1. The Balaban J connectivity index is 1.34. The molecule has 28 heavy (non-hydrogen) atoms. The number of halogens is 1. The molecule has 5 aliphatic rings. The van der Waals surface area contributed by atoms with Gasteiger partial charge in [-0.3, -0.25) is 4.79 Å². The van der Waals surface area contributed by atoms with Crippen LogP contribution in [0.1, 0.15) is 49.5 Å². The molecule has 4 bridgehead atoms. The van der Waals surface area contributed by atoms with Crippen LogP contribution >= 0.6 is 0 Å². The Morgan fingerprint density at radius 3 is 2.75 bits per heavy atom. The highest BCUT2D eigenvalue weighted by molar-refractivity contribution is 5.93. The molecule has 1 aliphatic heterocycles. The summed E-state index contributed by atoms with van der Waals surface area (Å²) in [6.45, 7) is 4.24. The van der Waals surface area contributed by atoms with Gasteiger partial charge in [-0.05, 0) is 68.9 Å². The number of pyridine rings is 1. The van der Waals surface area contributed by atoms with Gasteiger partial charge >= 0.3 is 0 Å². The van der Waals surface area contributed by atoms with E-state index in [0.717, 1.165) is 45.2 Å². The fourth-order valence-corrected chi connectivity index (χ4v) is 6.36. The minimum Gasteiger partial charge on any atom is -0.390 e. The topological polar surface area (TPSA) is 77.5 Å². The van der Waals surface area contributed by atoms with Crippen molar-refractivity contribution in [1.82, 2.24) is 15.6 Å². The van der Waals surface area contributed by atoms with E-state index in [0.29, 0.717) is 24.3 Å². The SMILES string of the molecule is CC1CNCCN1c1nc(C(=O)NC2C3CC4CC2CC(O)(C4)C3)ccc1F. The van der Waals surface area contributed by atoms with Gasteiger partial charge in [0, 0.05) is 31.7 Å². The Bertz CT molecular complexity index is 772. The quantitative estimate of drug-likeness (QED) is 0.735. The number of anilines is 1. The summed E-state index contributed by atoms with van der Waals surface area (Å²) in [7, 11) is 0. The van der Waals surface area contributed by atoms with Crippen LogP contribution in [0.25, 0.3) is 0 Å². The fourth-order valence-electron chi connectivity index (χ4n) is 6.36. The van der Waals surface area contributed by atoms with E-state index >= 15 is 0 Å². The molecule has 1 aromatic rings. The average Bonchev–Trinajstić information content (AvgIpc) is 2.64. The zero-order valence-corrected chi connectivity index (χ0v) is 16.3. The maximum atomic E-state index is 14.4. The molecule has 3 N–H and O–H groups in total. The molecule has 0 spiro atoms. The highest BCUT2D eigenvalue weighted by Crippen LogP contribution is 2.55. The predicted octanol–water partition coefficient (Wildman–Crippen LogP) is 1.69. The lowest BCUT2D eigenvalue weighted by Crippen LogP contribution is -2.61. The van der Waals surface area contributed by atoms with E-state index in [-0.39, 0.29) is 35.3 Å². The van der Waals surface area contributed by atoms with E-state index in [9.17, 15) is 14.3 Å². The first-order chi connectivity index (χ1) is 13.4. The second-order valence-electron chi connectivity index (χ2n) is 9.44. The summed E-state index contributed by atoms with van der Waals surface area (Å²) in [6, 6.07) is 3.05. The zero-order chi connectivity index (χ0) is 19.5. The lowest BCUT2D eigenvalue weighted by molar-refractivity contribution is -0.136. The molecule has 6 rings (SSSR count). The maximum absolute atomic E-state index is 14.4. The number of aliphatic hydroxyl groups is 1. The smallest absolute Gasteiger partial charge is 0.270 e. The molecule has 0 aromatic carbocycles. The van der Waals surface area contributed by atoms with Crippen LogP contribution in [0.2, 0.25) is 0 Å². The largest absolute Gasteiger partial charge is 0.390 e. The minimum absolute atomic E-state index is 0.0951. The van der Waals surface area contributed by atoms with Crippen molar-refractivity contribution < 1.29 is 14.3 Å². The number of carbonyl (C=O) groups excluding carboxylic acids is 1. The number of hydrogen-bond acceptors (Lipinski definition) is 5. The number of nitrogens with zero attached hydrogens (tertiary/aromatic N) is 2. The molecule has 3 atom stereocenters. The first-order valence-corrected chi connectivity index (χ1v) is 10.6. The summed E-state index contributed by atoms with van der Waals surface area (Å²) in [5.74, 6) is 0.929. The standard InChI is InChI=1S/C21H29FN4O2/c1-12-11-23-4-5-26(12)19-16(22)2-3-17(24-19)20(27)25-18-14-6-13-7-15(18)10-21(28,8-13)9-14/h2-3,12-15,18,23,28H,4-11H2,1H3,(H,25,27). The monoisotopic (exact) mass is 388 g/mol. The van der Waals surface area contributed by atoms with Gasteiger partial charge in [-0.25, -0.2) is 9.37 Å². The number of rotatable bonds is 3. The Morgan fingerprint density at radius 1 is 1.32 bits per heavy atom. The average molecular weight is 388 g/mol. The normalized spacial score (nSPS) is 39.2. The molecule has 152 valence electrons. The summed E-state index contributed by atoms with van der Waals surface area (Å²) in [4.78, 5) is 19.3. The second kappa shape index (κ2) is 6.66. The predicted molar refractivity (Wildman–Crippen MR) is 104 cm³/mol. The molecule has 1 amide bonds. The van der Waals surface area contributed by atoms with Crippen LogP contribution in [0, 0.1) is 23.6 Å². The molecule has 4 aliphatic carbocycles. The lowest BCUT2D eigenvalue weighted by Gasteiger charge is -2.58. The van der Waals surface area contributed by atoms with Gasteiger partial charge in [0.15, 0.2) is 11.6 Å². The summed E-state index contributed by atoms with van der Waals surface area (Å²) >= 11 is 0. The van der Waals surface area contributed by atoms with Crippen LogP contribution in [0.3, 0.4) is 0 Å². The molecule has 1 saturated heterocycles. The molecular formula is C21H29FN4O2. The number of piperazine rings is 1. The van der Waals surface area contributed by atoms with Crippen molar-refractivity contribution >= 4 is 11.7 Å². The zero-order valence-electron chi connectivity index (χ0n) is 16.3. The summed E-state index contributed by atoms with van der Waals surface area (Å²) in [6.07, 6.45) is 4.66. The summed E-state index contributed by atoms with van der Waals surface area (Å²) in [5.41, 5.74) is -0.244. The third-order valence-corrected chi connectivity index (χ3v) is 7.37. The van der Waals surface area contributed by atoms with E-state index in [2.05, 4.69) is 15.6 Å². The van der Waals surface area contributed by atoms with Crippen molar-refractivity contribution in [2.24, 2.45) is 17.8 Å². The molecule has 1 aromatic heterocycles. The molecule has 7 heteroatoms. The summed E-state index contributed by atoms with van der Waals surface area (Å²) in [5, 5.41) is 17.2. The van der Waals surface area contributed by atoms with Gasteiger partial charge in [-0.1, -0.05) is 0 Å². The minimum atomic E-state index is -0.516. The molecule has 5 fully saturated rings. The van der Waals surface area contributed by atoms with E-state index < -0.39 is 5.60 Å². The molecule has 0 radical (unpaired) electrons. The van der Waals surface area contributed by atoms with Crippen molar-refractivity contribution in [3.8, 4) is 0 Å². The Morgan fingerprint density at radius 2 is 2.07 bits per heavy atom. The van der Waals surface area contributed by atoms with Gasteiger partial charge in [0.25, 0.3) is 5.91 Å². The number of amides is 1. The third kappa shape index (κ3) is 3.08. The molecule has 2 heterocycles. The number of hydrogen-bond donors (Lipinski definition) is 3. The Labute approximate surface area is 164 Å². The second-order valence-corrected chi connectivity index (χ2v) is 9.44. The van der Waals surface area contributed by atoms with E-state index in [1.807, 2.05) is 11.8 Å². The van der Waals surface area contributed by atoms with Gasteiger partial charge in [0.2, 0.25) is 0 Å². The van der Waals surface area contributed by atoms with Crippen molar-refractivity contribution in [2.75, 3.05) is 24.5 Å². The van der Waals surface area contributed by atoms with E-state index in [1.54, 1.807) is 0 Å². The van der Waals surface area contributed by atoms with Crippen molar-refractivity contribution in [2.45, 2.75) is 56.7 Å². The van der Waals surface area contributed by atoms with Crippen molar-refractivity contribution in [3.05, 3.63) is 23.6 Å². The van der Waals surface area contributed by atoms with Crippen LogP contribution in [-0.4, -0.2) is 53.3 Å². The first-order valence-electron chi connectivity index (χ1n) is 10.6. The van der Waals surface area contributed by atoms with Crippen LogP contribution in [0.5, 0.6) is 0 Å². The van der Waals surface area contributed by atoms with Crippen molar-refractivity contribution in [1.29, 1.82) is 0 Å². The highest BCUT2D eigenvalue weighted by Gasteiger charge is 2.55. The molecule has 3 unspecified atom stereocenters. The van der Waals surface area contributed by atoms with Gasteiger partial charge in [0.05, 0.1) is 5.60 Å². The van der Waals surface area contributed by atoms with E-state index in [1.165, 1.54) is 12.1 Å². The Kier molecular flexibility index (Phi) is 4.36. The van der Waals surface area contributed by atoms with Crippen LogP contribution in [-0.2, 0) is 0 Å². The highest BCUT2D eigenvalue weighted by atomic mass is 19.1. The van der Waals surface area contributed by atoms with Crippen molar-refractivity contribution in [3.63, 3.8) is 0 Å². The fraction of sp³-hybridized carbons (Fsp3) is 0.714. The molecule has 6 nitrogen and oxygen atoms in total. The molecular weight excluding hydrogens is 359 g/mol. The van der Waals surface area contributed by atoms with Gasteiger partial charge in [-0.15, -0.1) is 0 Å². The summed E-state index contributed by atoms with van der Waals surface area (Å²) < 4.78 is 14.4. The molecule has 4 saturated carbocycles. The van der Waals surface area contributed by atoms with Crippen LogP contribution in [0.15, 0.2) is 12.1 Å². The van der Waals surface area contributed by atoms with Gasteiger partial charge in [-0.2, -0.15) is 0 Å². The number of nitrogens with one attached hydrogen (secondary N) is 2. The first kappa shape index (κ1) is 18.3. The van der Waals surface area contributed by atoms with Crippen LogP contribution in [0.4, 0.5) is 10.2 Å². The van der Waals surface area contributed by atoms with E-state index in [4.69, 9.17) is 0 Å². The Hall–Kier alpha value is -1.73. The van der Waals surface area contributed by atoms with Gasteiger partial charge < -0.3 is 20.6 Å². The number of carbonyl (C=O) groups is 1. The lowest BCUT2D eigenvalue weighted by atomic mass is 9.52. The third-order valence-electron chi connectivity index (χ3n) is 7.37. The van der Waals surface area contributed by atoms with Gasteiger partial charge in [0.1, 0.15) is 5.69 Å². The maximum Gasteiger partial charge on any atom is 0.270 e.